The molecule has 1 aromatic rings. The summed E-state index contributed by atoms with van der Waals surface area (Å²) in [5.41, 5.74) is 0.635. The topological polar surface area (TPSA) is 126 Å². The maximum absolute atomic E-state index is 12.5. The largest absolute Gasteiger partial charge is 0.508 e. The van der Waals surface area contributed by atoms with Gasteiger partial charge in [-0.25, -0.2) is 4.79 Å². The van der Waals surface area contributed by atoms with E-state index in [-0.39, 0.29) is 55.4 Å². The summed E-state index contributed by atoms with van der Waals surface area (Å²) in [6.45, 7) is 11.5. The average molecular weight is 524 g/mol. The molecule has 2 unspecified atom stereocenters. The summed E-state index contributed by atoms with van der Waals surface area (Å²) in [5, 5.41) is 3.00. The Kier molecular flexibility index (Phi) is 14.3. The van der Waals surface area contributed by atoms with Crippen LogP contribution in [0.3, 0.4) is 0 Å². The van der Waals surface area contributed by atoms with Gasteiger partial charge in [0, 0.05) is 6.54 Å². The van der Waals surface area contributed by atoms with Crippen molar-refractivity contribution in [1.82, 2.24) is 5.32 Å². The van der Waals surface area contributed by atoms with Crippen LogP contribution in [0, 0.1) is 17.8 Å². The van der Waals surface area contributed by atoms with Gasteiger partial charge in [-0.3, -0.25) is 14.4 Å². The first-order valence-corrected chi connectivity index (χ1v) is 12.7. The Balaban J connectivity index is 2.98. The van der Waals surface area contributed by atoms with Crippen LogP contribution in [-0.4, -0.2) is 57.0 Å². The fraction of sp³-hybridized carbons (Fsp3) is 0.630. The van der Waals surface area contributed by atoms with Crippen molar-refractivity contribution in [3.8, 4) is 11.5 Å². The highest BCUT2D eigenvalue weighted by Gasteiger charge is 2.23. The summed E-state index contributed by atoms with van der Waals surface area (Å²) in [5.74, 6) is -1.67. The monoisotopic (exact) mass is 523 g/mol. The van der Waals surface area contributed by atoms with Gasteiger partial charge < -0.3 is 29.0 Å². The second-order valence-electron chi connectivity index (χ2n) is 9.28. The van der Waals surface area contributed by atoms with Gasteiger partial charge in [-0.05, 0) is 42.9 Å². The molecule has 1 aromatic carbocycles. The van der Waals surface area contributed by atoms with E-state index < -0.39 is 30.1 Å². The number of esters is 3. The average Bonchev–Trinajstić information content (AvgIpc) is 2.88. The summed E-state index contributed by atoms with van der Waals surface area (Å²) in [4.78, 5) is 48.8. The summed E-state index contributed by atoms with van der Waals surface area (Å²) in [7, 11) is 1.27. The number of carbonyl (C=O) groups excluding carboxylic acids is 4. The number of rotatable bonds is 15. The third kappa shape index (κ3) is 11.6. The Hall–Kier alpha value is -3.14. The van der Waals surface area contributed by atoms with E-state index in [0.29, 0.717) is 18.4 Å². The number of methoxy groups -OCH3 is 1. The minimum Gasteiger partial charge on any atom is -0.468 e. The first-order chi connectivity index (χ1) is 17.5. The van der Waals surface area contributed by atoms with Crippen LogP contribution in [0.25, 0.3) is 0 Å². The van der Waals surface area contributed by atoms with Crippen molar-refractivity contribution in [3.63, 3.8) is 0 Å². The molecule has 0 saturated carbocycles. The van der Waals surface area contributed by atoms with Gasteiger partial charge in [0.15, 0.2) is 11.5 Å². The van der Waals surface area contributed by atoms with Crippen LogP contribution in [0.4, 0.5) is 4.79 Å². The van der Waals surface area contributed by atoms with Gasteiger partial charge in [-0.1, -0.05) is 47.6 Å². The Bertz CT molecular complexity index is 900. The van der Waals surface area contributed by atoms with E-state index in [0.717, 1.165) is 0 Å². The van der Waals surface area contributed by atoms with Crippen LogP contribution < -0.4 is 14.8 Å². The molecule has 3 atom stereocenters. The summed E-state index contributed by atoms with van der Waals surface area (Å²) < 4.78 is 25.9. The molecule has 10 nitrogen and oxygen atoms in total. The normalized spacial score (nSPS) is 13.3. The van der Waals surface area contributed by atoms with Crippen molar-refractivity contribution in [3.05, 3.63) is 23.8 Å². The lowest BCUT2D eigenvalue weighted by molar-refractivity contribution is -0.143. The lowest BCUT2D eigenvalue weighted by atomic mass is 10.0. The van der Waals surface area contributed by atoms with Gasteiger partial charge in [0.25, 0.3) is 0 Å². The van der Waals surface area contributed by atoms with Crippen molar-refractivity contribution in [2.45, 2.75) is 66.8 Å². The van der Waals surface area contributed by atoms with Gasteiger partial charge in [-0.2, -0.15) is 0 Å². The van der Waals surface area contributed by atoms with Gasteiger partial charge in [0.2, 0.25) is 0 Å². The highest BCUT2D eigenvalue weighted by atomic mass is 16.7. The molecule has 0 saturated heterocycles. The molecule has 0 radical (unpaired) electrons. The Morgan fingerprint density at radius 1 is 0.838 bits per heavy atom. The molecule has 1 rings (SSSR count). The molecule has 0 heterocycles. The van der Waals surface area contributed by atoms with E-state index in [1.54, 1.807) is 26.0 Å². The highest BCUT2D eigenvalue weighted by molar-refractivity contribution is 5.79. The zero-order valence-electron chi connectivity index (χ0n) is 23.0. The van der Waals surface area contributed by atoms with E-state index in [1.807, 2.05) is 27.7 Å². The zero-order chi connectivity index (χ0) is 28.0. The van der Waals surface area contributed by atoms with Crippen LogP contribution in [-0.2, 0) is 35.0 Å². The molecule has 1 N–H and O–H groups in total. The van der Waals surface area contributed by atoms with Crippen molar-refractivity contribution in [2.24, 2.45) is 17.8 Å². The molecule has 0 bridgehead atoms. The number of ether oxygens (including phenoxy) is 5. The number of hydrogen-bond acceptors (Lipinski definition) is 10. The smallest absolute Gasteiger partial charge is 0.468 e. The van der Waals surface area contributed by atoms with Crippen molar-refractivity contribution in [2.75, 3.05) is 26.9 Å². The Morgan fingerprint density at radius 3 is 1.97 bits per heavy atom. The minimum absolute atomic E-state index is 0.00725. The van der Waals surface area contributed by atoms with Crippen LogP contribution in [0.1, 0.15) is 59.9 Å². The lowest BCUT2D eigenvalue weighted by Crippen LogP contribution is -2.41. The Morgan fingerprint density at radius 2 is 1.43 bits per heavy atom. The minimum atomic E-state index is -0.777. The van der Waals surface area contributed by atoms with E-state index in [9.17, 15) is 19.2 Å². The van der Waals surface area contributed by atoms with E-state index in [1.165, 1.54) is 13.2 Å². The maximum atomic E-state index is 12.5. The molecule has 0 aromatic heterocycles. The molecule has 10 heteroatoms. The summed E-state index contributed by atoms with van der Waals surface area (Å²) in [6.07, 6.45) is 0.588. The van der Waals surface area contributed by atoms with Gasteiger partial charge in [0.1, 0.15) is 12.6 Å². The molecule has 0 aliphatic rings. The predicted octanol–water partition coefficient (Wildman–Crippen LogP) is 4.07. The zero-order valence-corrected chi connectivity index (χ0v) is 23.0. The predicted molar refractivity (Wildman–Crippen MR) is 136 cm³/mol. The van der Waals surface area contributed by atoms with Crippen LogP contribution >= 0.6 is 0 Å². The molecular weight excluding hydrogens is 482 g/mol. The van der Waals surface area contributed by atoms with Crippen molar-refractivity contribution >= 4 is 24.1 Å². The molecule has 0 aliphatic heterocycles. The lowest BCUT2D eigenvalue weighted by Gasteiger charge is -2.19. The number of carbonyl (C=O) groups is 4. The SMILES string of the molecule is CCC(C)C(=O)Oc1ccc(C[C@H](NCCOC(=O)OCC(C)C)C(=O)OC)cc1OC(=O)C(C)CC. The number of nitrogens with one attached hydrogen (secondary N) is 1. The molecule has 0 amide bonds. The second kappa shape index (κ2) is 16.6. The van der Waals surface area contributed by atoms with E-state index in [4.69, 9.17) is 23.7 Å². The molecular formula is C27H41NO9. The molecule has 0 fully saturated rings. The van der Waals surface area contributed by atoms with Crippen molar-refractivity contribution in [1.29, 1.82) is 0 Å². The third-order valence-electron chi connectivity index (χ3n) is 5.63. The molecule has 0 aliphatic carbocycles. The fourth-order valence-corrected chi connectivity index (χ4v) is 2.86. The highest BCUT2D eigenvalue weighted by Crippen LogP contribution is 2.31. The summed E-state index contributed by atoms with van der Waals surface area (Å²) in [6, 6.07) is 4.01. The van der Waals surface area contributed by atoms with Gasteiger partial charge in [-0.15, -0.1) is 0 Å². The van der Waals surface area contributed by atoms with Crippen molar-refractivity contribution < 1.29 is 42.9 Å². The maximum Gasteiger partial charge on any atom is 0.508 e. The van der Waals surface area contributed by atoms with E-state index >= 15 is 0 Å². The fourth-order valence-electron chi connectivity index (χ4n) is 2.86. The molecule has 208 valence electrons. The first kappa shape index (κ1) is 31.9. The van der Waals surface area contributed by atoms with E-state index in [2.05, 4.69) is 5.32 Å². The van der Waals surface area contributed by atoms with Gasteiger partial charge in [0.05, 0.1) is 25.6 Å². The molecule has 37 heavy (non-hydrogen) atoms. The standard InChI is InChI=1S/C27H41NO9/c1-8-18(5)24(29)36-22-11-10-20(15-23(22)37-25(30)19(6)9-2)14-21(26(31)33-7)28-12-13-34-27(32)35-16-17(3)4/h10-11,15,17-19,21,28H,8-9,12-14,16H2,1-7H3/t18?,19?,21-/m0/s1. The first-order valence-electron chi connectivity index (χ1n) is 12.7. The third-order valence-corrected chi connectivity index (χ3v) is 5.63. The number of benzene rings is 1. The van der Waals surface area contributed by atoms with Gasteiger partial charge >= 0.3 is 24.1 Å². The Labute approximate surface area is 219 Å². The summed E-state index contributed by atoms with van der Waals surface area (Å²) >= 11 is 0. The molecule has 0 spiro atoms. The quantitative estimate of drug-likeness (QED) is 0.204. The van der Waals surface area contributed by atoms with Crippen LogP contribution in [0.5, 0.6) is 11.5 Å². The number of hydrogen-bond donors (Lipinski definition) is 1. The second-order valence-corrected chi connectivity index (χ2v) is 9.28. The van der Waals surface area contributed by atoms with Crippen LogP contribution in [0.15, 0.2) is 18.2 Å². The van der Waals surface area contributed by atoms with Crippen LogP contribution in [0.2, 0.25) is 0 Å².